The number of H-pyrrole nitrogens is 1. The Kier molecular flexibility index (Phi) is 4.05. The summed E-state index contributed by atoms with van der Waals surface area (Å²) in [6, 6.07) is 6.20. The number of aromatic nitrogens is 1. The summed E-state index contributed by atoms with van der Waals surface area (Å²) in [5.41, 5.74) is 4.08. The van der Waals surface area contributed by atoms with Crippen molar-refractivity contribution in [3.8, 4) is 0 Å². The van der Waals surface area contributed by atoms with Gasteiger partial charge in [-0.25, -0.2) is 0 Å². The second kappa shape index (κ2) is 5.57. The van der Waals surface area contributed by atoms with Crippen LogP contribution >= 0.6 is 0 Å². The number of hydrogen-bond acceptors (Lipinski definition) is 2. The molecule has 0 amide bonds. The topological polar surface area (TPSA) is 36.1 Å². The van der Waals surface area contributed by atoms with Crippen LogP contribution in [-0.4, -0.2) is 35.3 Å². The van der Waals surface area contributed by atoms with Gasteiger partial charge in [0.05, 0.1) is 6.54 Å². The first-order valence-corrected chi connectivity index (χ1v) is 6.91. The van der Waals surface area contributed by atoms with Gasteiger partial charge in [-0.05, 0) is 38.6 Å². The lowest BCUT2D eigenvalue weighted by Gasteiger charge is -2.16. The summed E-state index contributed by atoms with van der Waals surface area (Å²) in [6.07, 6.45) is 0. The third kappa shape index (κ3) is 2.71. The minimum absolute atomic E-state index is 0.205. The van der Waals surface area contributed by atoms with Crippen molar-refractivity contribution in [2.75, 3.05) is 19.6 Å². The molecule has 19 heavy (non-hydrogen) atoms. The molecule has 1 heterocycles. The summed E-state index contributed by atoms with van der Waals surface area (Å²) in [4.78, 5) is 18.0. The Morgan fingerprint density at radius 1 is 1.21 bits per heavy atom. The Bertz CT molecular complexity index is 594. The van der Waals surface area contributed by atoms with Crippen LogP contribution in [0.4, 0.5) is 0 Å². The fourth-order valence-corrected chi connectivity index (χ4v) is 2.53. The summed E-state index contributed by atoms with van der Waals surface area (Å²) in [6.45, 7) is 10.5. The van der Waals surface area contributed by atoms with Crippen molar-refractivity contribution >= 4 is 16.7 Å². The molecule has 0 atom stereocenters. The highest BCUT2D eigenvalue weighted by molar-refractivity contribution is 6.10. The number of rotatable bonds is 5. The number of Topliss-reactive ketones (excluding diaryl/α,β-unsaturated/α-hetero) is 1. The molecule has 0 saturated heterocycles. The monoisotopic (exact) mass is 258 g/mol. The van der Waals surface area contributed by atoms with Crippen molar-refractivity contribution in [2.45, 2.75) is 27.7 Å². The highest BCUT2D eigenvalue weighted by Crippen LogP contribution is 2.23. The van der Waals surface area contributed by atoms with Crippen LogP contribution in [0.15, 0.2) is 18.2 Å². The molecular formula is C16H22N2O. The van der Waals surface area contributed by atoms with Gasteiger partial charge in [0.25, 0.3) is 0 Å². The fraction of sp³-hybridized carbons (Fsp3) is 0.438. The molecule has 0 aliphatic carbocycles. The van der Waals surface area contributed by atoms with E-state index < -0.39 is 0 Å². The zero-order valence-corrected chi connectivity index (χ0v) is 12.2. The molecule has 3 nitrogen and oxygen atoms in total. The molecule has 2 aromatic rings. The van der Waals surface area contributed by atoms with Crippen molar-refractivity contribution in [2.24, 2.45) is 0 Å². The summed E-state index contributed by atoms with van der Waals surface area (Å²) < 4.78 is 0. The Balaban J connectivity index is 2.39. The molecule has 102 valence electrons. The minimum Gasteiger partial charge on any atom is -0.358 e. The molecule has 2 rings (SSSR count). The molecule has 1 aromatic heterocycles. The number of aromatic amines is 1. The number of carbonyl (C=O) groups is 1. The molecule has 0 spiro atoms. The second-order valence-electron chi connectivity index (χ2n) is 5.06. The number of nitrogens with one attached hydrogen (secondary N) is 1. The van der Waals surface area contributed by atoms with Gasteiger partial charge in [-0.1, -0.05) is 26.0 Å². The van der Waals surface area contributed by atoms with Gasteiger partial charge in [-0.3, -0.25) is 9.69 Å². The number of hydrogen-bond donors (Lipinski definition) is 1. The van der Waals surface area contributed by atoms with Crippen LogP contribution < -0.4 is 0 Å². The number of nitrogens with zero attached hydrogens (tertiary/aromatic N) is 1. The van der Waals surface area contributed by atoms with Crippen molar-refractivity contribution in [3.05, 3.63) is 35.0 Å². The van der Waals surface area contributed by atoms with E-state index in [1.807, 2.05) is 13.0 Å². The molecule has 0 aliphatic rings. The van der Waals surface area contributed by atoms with Crippen LogP contribution in [0.2, 0.25) is 0 Å². The molecule has 3 heteroatoms. The number of aryl methyl sites for hydroxylation is 2. The van der Waals surface area contributed by atoms with E-state index in [0.29, 0.717) is 6.54 Å². The molecule has 0 saturated carbocycles. The van der Waals surface area contributed by atoms with Crippen LogP contribution in [0.3, 0.4) is 0 Å². The van der Waals surface area contributed by atoms with Gasteiger partial charge in [0.15, 0.2) is 5.78 Å². The number of fused-ring (bicyclic) bond motifs is 1. The van der Waals surface area contributed by atoms with Crippen LogP contribution in [0.25, 0.3) is 10.9 Å². The summed E-state index contributed by atoms with van der Waals surface area (Å²) in [5.74, 6) is 0.205. The molecule has 0 bridgehead atoms. The molecule has 0 fully saturated rings. The third-order valence-electron chi connectivity index (χ3n) is 3.68. The van der Waals surface area contributed by atoms with E-state index in [-0.39, 0.29) is 5.78 Å². The van der Waals surface area contributed by atoms with Gasteiger partial charge in [0, 0.05) is 22.2 Å². The number of likely N-dealkylation sites (N-methyl/N-ethyl adjacent to an activating group) is 1. The highest BCUT2D eigenvalue weighted by atomic mass is 16.1. The van der Waals surface area contributed by atoms with E-state index in [1.165, 1.54) is 5.56 Å². The maximum atomic E-state index is 12.5. The van der Waals surface area contributed by atoms with Crippen LogP contribution in [0.5, 0.6) is 0 Å². The predicted octanol–water partition coefficient (Wildman–Crippen LogP) is 3.31. The van der Waals surface area contributed by atoms with Gasteiger partial charge < -0.3 is 4.98 Å². The first-order chi connectivity index (χ1) is 9.06. The lowest BCUT2D eigenvalue weighted by atomic mass is 10.1. The number of carbonyl (C=O) groups excluding carboxylic acids is 1. The second-order valence-corrected chi connectivity index (χ2v) is 5.06. The zero-order valence-electron chi connectivity index (χ0n) is 12.2. The molecule has 1 aromatic carbocycles. The zero-order chi connectivity index (χ0) is 14.0. The Morgan fingerprint density at radius 3 is 2.53 bits per heavy atom. The van der Waals surface area contributed by atoms with Crippen molar-refractivity contribution < 1.29 is 4.79 Å². The van der Waals surface area contributed by atoms with Crippen molar-refractivity contribution in [1.82, 2.24) is 9.88 Å². The van der Waals surface area contributed by atoms with E-state index in [4.69, 9.17) is 0 Å². The molecular weight excluding hydrogens is 236 g/mol. The van der Waals surface area contributed by atoms with Crippen LogP contribution in [-0.2, 0) is 0 Å². The average Bonchev–Trinajstić information content (AvgIpc) is 2.70. The standard InChI is InChI=1S/C16H22N2O/c1-5-18(6-2)10-15(19)16-12(4)17-14-9-11(3)7-8-13(14)16/h7-9,17H,5-6,10H2,1-4H3. The smallest absolute Gasteiger partial charge is 0.179 e. The largest absolute Gasteiger partial charge is 0.358 e. The van der Waals surface area contributed by atoms with Gasteiger partial charge >= 0.3 is 0 Å². The minimum atomic E-state index is 0.205. The number of benzene rings is 1. The normalized spacial score (nSPS) is 11.4. The third-order valence-corrected chi connectivity index (χ3v) is 3.68. The fourth-order valence-electron chi connectivity index (χ4n) is 2.53. The van der Waals surface area contributed by atoms with E-state index >= 15 is 0 Å². The van der Waals surface area contributed by atoms with Crippen LogP contribution in [0.1, 0.15) is 35.5 Å². The van der Waals surface area contributed by atoms with Crippen molar-refractivity contribution in [3.63, 3.8) is 0 Å². The average molecular weight is 258 g/mol. The van der Waals surface area contributed by atoms with E-state index in [9.17, 15) is 4.79 Å². The van der Waals surface area contributed by atoms with Crippen LogP contribution in [0, 0.1) is 13.8 Å². The first kappa shape index (κ1) is 13.8. The first-order valence-electron chi connectivity index (χ1n) is 6.91. The molecule has 1 N–H and O–H groups in total. The Labute approximate surface area is 114 Å². The lowest BCUT2D eigenvalue weighted by Crippen LogP contribution is -2.29. The lowest BCUT2D eigenvalue weighted by molar-refractivity contribution is 0.0938. The highest BCUT2D eigenvalue weighted by Gasteiger charge is 2.17. The summed E-state index contributed by atoms with van der Waals surface area (Å²) in [5, 5.41) is 1.04. The quantitative estimate of drug-likeness (QED) is 0.835. The molecule has 0 unspecified atom stereocenters. The van der Waals surface area contributed by atoms with Gasteiger partial charge in [-0.2, -0.15) is 0 Å². The maximum Gasteiger partial charge on any atom is 0.179 e. The summed E-state index contributed by atoms with van der Waals surface area (Å²) >= 11 is 0. The van der Waals surface area contributed by atoms with Gasteiger partial charge in [-0.15, -0.1) is 0 Å². The van der Waals surface area contributed by atoms with Crippen molar-refractivity contribution in [1.29, 1.82) is 0 Å². The predicted molar refractivity (Wildman–Crippen MR) is 79.9 cm³/mol. The Morgan fingerprint density at radius 2 is 1.89 bits per heavy atom. The molecule has 0 aliphatic heterocycles. The van der Waals surface area contributed by atoms with Gasteiger partial charge in [0.1, 0.15) is 0 Å². The van der Waals surface area contributed by atoms with E-state index in [0.717, 1.165) is 35.2 Å². The number of ketones is 1. The maximum absolute atomic E-state index is 12.5. The molecule has 0 radical (unpaired) electrons. The van der Waals surface area contributed by atoms with E-state index in [2.05, 4.69) is 42.8 Å². The van der Waals surface area contributed by atoms with Gasteiger partial charge in [0.2, 0.25) is 0 Å². The Hall–Kier alpha value is -1.61. The SMILES string of the molecule is CCN(CC)CC(=O)c1c(C)[nH]c2cc(C)ccc12. The summed E-state index contributed by atoms with van der Waals surface area (Å²) in [7, 11) is 0. The van der Waals surface area contributed by atoms with E-state index in [1.54, 1.807) is 0 Å².